The maximum absolute atomic E-state index is 9.59. The summed E-state index contributed by atoms with van der Waals surface area (Å²) in [5, 5.41) is 9.59. The van der Waals surface area contributed by atoms with Crippen molar-refractivity contribution in [3.05, 3.63) is 23.8 Å². The van der Waals surface area contributed by atoms with Crippen LogP contribution in [-0.2, 0) is 0 Å². The maximum atomic E-state index is 9.59. The first-order valence-corrected chi connectivity index (χ1v) is 7.12. The molecule has 0 bridgehead atoms. The molecule has 0 saturated heterocycles. The van der Waals surface area contributed by atoms with E-state index >= 15 is 0 Å². The summed E-state index contributed by atoms with van der Waals surface area (Å²) >= 11 is 0. The molecule has 1 aromatic rings. The molecule has 1 aliphatic carbocycles. The molecule has 1 saturated carbocycles. The molecule has 2 rings (SSSR count). The molecule has 0 amide bonds. The van der Waals surface area contributed by atoms with E-state index in [1.165, 1.54) is 12.8 Å². The fraction of sp³-hybridized carbons (Fsp3) is 0.625. The van der Waals surface area contributed by atoms with Gasteiger partial charge in [0.25, 0.3) is 0 Å². The van der Waals surface area contributed by atoms with Crippen LogP contribution in [0.2, 0.25) is 0 Å². The SMILES string of the molecule is COc1cc([C@@H](C)O)ccc1OC1CCC(C)CC1. The van der Waals surface area contributed by atoms with Gasteiger partial charge in [0.05, 0.1) is 19.3 Å². The molecule has 19 heavy (non-hydrogen) atoms. The Hall–Kier alpha value is -1.22. The second-order valence-corrected chi connectivity index (χ2v) is 5.59. The highest BCUT2D eigenvalue weighted by molar-refractivity contribution is 5.43. The van der Waals surface area contributed by atoms with E-state index < -0.39 is 6.10 Å². The average Bonchev–Trinajstić information content (AvgIpc) is 2.41. The third-order valence-electron chi connectivity index (χ3n) is 3.93. The first kappa shape index (κ1) is 14.2. The lowest BCUT2D eigenvalue weighted by Gasteiger charge is -2.27. The number of rotatable bonds is 4. The fourth-order valence-electron chi connectivity index (χ4n) is 2.57. The molecular weight excluding hydrogens is 240 g/mol. The molecule has 1 N–H and O–H groups in total. The van der Waals surface area contributed by atoms with Crippen LogP contribution < -0.4 is 9.47 Å². The van der Waals surface area contributed by atoms with Crippen LogP contribution in [0.5, 0.6) is 11.5 Å². The fourth-order valence-corrected chi connectivity index (χ4v) is 2.57. The summed E-state index contributed by atoms with van der Waals surface area (Å²) in [6.45, 7) is 4.05. The molecule has 3 heteroatoms. The predicted molar refractivity (Wildman–Crippen MR) is 75.7 cm³/mol. The molecule has 106 valence electrons. The first-order chi connectivity index (χ1) is 9.10. The van der Waals surface area contributed by atoms with E-state index in [1.807, 2.05) is 18.2 Å². The number of methoxy groups -OCH3 is 1. The number of hydrogen-bond donors (Lipinski definition) is 1. The molecule has 0 heterocycles. The van der Waals surface area contributed by atoms with Crippen molar-refractivity contribution in [1.29, 1.82) is 0 Å². The van der Waals surface area contributed by atoms with E-state index in [-0.39, 0.29) is 0 Å². The Labute approximate surface area is 115 Å². The van der Waals surface area contributed by atoms with E-state index in [4.69, 9.17) is 9.47 Å². The molecule has 0 radical (unpaired) electrons. The third-order valence-corrected chi connectivity index (χ3v) is 3.93. The van der Waals surface area contributed by atoms with E-state index in [1.54, 1.807) is 14.0 Å². The van der Waals surface area contributed by atoms with Gasteiger partial charge in [-0.1, -0.05) is 13.0 Å². The van der Waals surface area contributed by atoms with Crippen molar-refractivity contribution in [3.8, 4) is 11.5 Å². The van der Waals surface area contributed by atoms with Crippen molar-refractivity contribution in [1.82, 2.24) is 0 Å². The molecular formula is C16H24O3. The lowest BCUT2D eigenvalue weighted by molar-refractivity contribution is 0.131. The Kier molecular flexibility index (Phi) is 4.70. The molecule has 1 aliphatic rings. The van der Waals surface area contributed by atoms with Gasteiger partial charge < -0.3 is 14.6 Å². The van der Waals surface area contributed by atoms with Crippen LogP contribution in [-0.4, -0.2) is 18.3 Å². The van der Waals surface area contributed by atoms with Gasteiger partial charge in [-0.25, -0.2) is 0 Å². The van der Waals surface area contributed by atoms with Crippen LogP contribution >= 0.6 is 0 Å². The number of hydrogen-bond acceptors (Lipinski definition) is 3. The molecule has 1 atom stereocenters. The zero-order valence-electron chi connectivity index (χ0n) is 12.1. The second-order valence-electron chi connectivity index (χ2n) is 5.59. The third kappa shape index (κ3) is 3.63. The average molecular weight is 264 g/mol. The smallest absolute Gasteiger partial charge is 0.161 e. The summed E-state index contributed by atoms with van der Waals surface area (Å²) in [5.74, 6) is 2.31. The Bertz CT molecular complexity index is 406. The van der Waals surface area contributed by atoms with Crippen molar-refractivity contribution in [2.24, 2.45) is 5.92 Å². The van der Waals surface area contributed by atoms with Gasteiger partial charge in [0.2, 0.25) is 0 Å². The van der Waals surface area contributed by atoms with Crippen molar-refractivity contribution in [2.45, 2.75) is 51.7 Å². The Morgan fingerprint density at radius 2 is 1.84 bits per heavy atom. The van der Waals surface area contributed by atoms with Gasteiger partial charge in [-0.2, -0.15) is 0 Å². The van der Waals surface area contributed by atoms with Crippen LogP contribution in [0.4, 0.5) is 0 Å². The Morgan fingerprint density at radius 3 is 2.42 bits per heavy atom. The lowest BCUT2D eigenvalue weighted by Crippen LogP contribution is -2.23. The lowest BCUT2D eigenvalue weighted by atomic mass is 9.89. The van der Waals surface area contributed by atoms with Gasteiger partial charge in [-0.05, 0) is 56.2 Å². The van der Waals surface area contributed by atoms with Gasteiger partial charge in [-0.15, -0.1) is 0 Å². The summed E-state index contributed by atoms with van der Waals surface area (Å²) in [7, 11) is 1.64. The molecule has 1 aromatic carbocycles. The predicted octanol–water partition coefficient (Wildman–Crippen LogP) is 3.71. The van der Waals surface area contributed by atoms with E-state index in [9.17, 15) is 5.11 Å². The molecule has 0 aromatic heterocycles. The van der Waals surface area contributed by atoms with Crippen molar-refractivity contribution >= 4 is 0 Å². The van der Waals surface area contributed by atoms with Gasteiger partial charge >= 0.3 is 0 Å². The minimum Gasteiger partial charge on any atom is -0.493 e. The Balaban J connectivity index is 2.07. The summed E-state index contributed by atoms with van der Waals surface area (Å²) in [5.41, 5.74) is 0.849. The second kappa shape index (κ2) is 6.29. The zero-order chi connectivity index (χ0) is 13.8. The molecule has 0 unspecified atom stereocenters. The maximum Gasteiger partial charge on any atom is 0.161 e. The van der Waals surface area contributed by atoms with Gasteiger partial charge in [-0.3, -0.25) is 0 Å². The molecule has 3 nitrogen and oxygen atoms in total. The van der Waals surface area contributed by atoms with E-state index in [0.717, 1.165) is 30.1 Å². The summed E-state index contributed by atoms with van der Waals surface area (Å²) in [6.07, 6.45) is 4.50. The van der Waals surface area contributed by atoms with Crippen LogP contribution in [0.15, 0.2) is 18.2 Å². The molecule has 1 fully saturated rings. The monoisotopic (exact) mass is 264 g/mol. The van der Waals surface area contributed by atoms with Crippen LogP contribution in [0.3, 0.4) is 0 Å². The highest BCUT2D eigenvalue weighted by Gasteiger charge is 2.21. The Morgan fingerprint density at radius 1 is 1.16 bits per heavy atom. The normalized spacial score (nSPS) is 24.8. The minimum absolute atomic E-state index is 0.294. The number of ether oxygens (including phenoxy) is 2. The molecule has 0 spiro atoms. The van der Waals surface area contributed by atoms with E-state index in [0.29, 0.717) is 11.9 Å². The summed E-state index contributed by atoms with van der Waals surface area (Å²) < 4.78 is 11.4. The standard InChI is InChI=1S/C16H24O3/c1-11-4-7-14(8-5-11)19-15-9-6-13(12(2)17)10-16(15)18-3/h6,9-12,14,17H,4-5,7-8H2,1-3H3/t11?,12-,14?/m1/s1. The molecule has 0 aliphatic heterocycles. The van der Waals surface area contributed by atoms with Gasteiger partial charge in [0, 0.05) is 0 Å². The minimum atomic E-state index is -0.488. The topological polar surface area (TPSA) is 38.7 Å². The highest BCUT2D eigenvalue weighted by atomic mass is 16.5. The number of benzene rings is 1. The van der Waals surface area contributed by atoms with Gasteiger partial charge in [0.15, 0.2) is 11.5 Å². The zero-order valence-corrected chi connectivity index (χ0v) is 12.1. The highest BCUT2D eigenvalue weighted by Crippen LogP contribution is 2.34. The summed E-state index contributed by atoms with van der Waals surface area (Å²) in [6, 6.07) is 5.65. The van der Waals surface area contributed by atoms with Crippen molar-refractivity contribution in [2.75, 3.05) is 7.11 Å². The first-order valence-electron chi connectivity index (χ1n) is 7.12. The largest absolute Gasteiger partial charge is 0.493 e. The summed E-state index contributed by atoms with van der Waals surface area (Å²) in [4.78, 5) is 0. The van der Waals surface area contributed by atoms with Crippen LogP contribution in [0.1, 0.15) is 51.2 Å². The van der Waals surface area contributed by atoms with Crippen LogP contribution in [0, 0.1) is 5.92 Å². The van der Waals surface area contributed by atoms with Gasteiger partial charge in [0.1, 0.15) is 0 Å². The number of aliphatic hydroxyl groups excluding tert-OH is 1. The van der Waals surface area contributed by atoms with Crippen molar-refractivity contribution in [3.63, 3.8) is 0 Å². The van der Waals surface area contributed by atoms with E-state index in [2.05, 4.69) is 6.92 Å². The van der Waals surface area contributed by atoms with Crippen LogP contribution in [0.25, 0.3) is 0 Å². The van der Waals surface area contributed by atoms with Crippen molar-refractivity contribution < 1.29 is 14.6 Å². The quantitative estimate of drug-likeness (QED) is 0.901. The number of aliphatic hydroxyl groups is 1.